The molecular weight excluding hydrogens is 427 g/mol. The second kappa shape index (κ2) is 11.4. The molecule has 1 saturated heterocycles. The molecule has 3 atom stereocenters. The molecule has 3 N–H and O–H groups in total. The van der Waals surface area contributed by atoms with E-state index in [1.54, 1.807) is 4.90 Å². The Morgan fingerprint density at radius 3 is 2.50 bits per heavy atom. The summed E-state index contributed by atoms with van der Waals surface area (Å²) < 4.78 is 13.1. The maximum atomic E-state index is 13.1. The summed E-state index contributed by atoms with van der Waals surface area (Å²) in [6, 6.07) is 14.6. The molecule has 32 heavy (non-hydrogen) atoms. The van der Waals surface area contributed by atoms with E-state index in [0.717, 1.165) is 35.4 Å². The molecule has 2 aromatic carbocycles. The number of nitrogens with one attached hydrogen (secondary N) is 3. The van der Waals surface area contributed by atoms with Crippen molar-refractivity contribution in [2.45, 2.75) is 55.3 Å². The van der Waals surface area contributed by atoms with Gasteiger partial charge in [0.25, 0.3) is 0 Å². The molecule has 2 amide bonds. The standard InChI is InChI=1S/C24H31FN4O2S/c1-16(32-22-12-10-20(11-13-22)26-17(2)30)24(31)29(3)14-4-5-21-15-23(28-27-21)18-6-8-19(25)9-7-18/h6-13,16,21,23,27-28H,4-5,14-15H2,1-3H3,(H,26,30). The third kappa shape index (κ3) is 7.05. The Balaban J connectivity index is 1.38. The summed E-state index contributed by atoms with van der Waals surface area (Å²) in [5.74, 6) is -0.230. The van der Waals surface area contributed by atoms with E-state index in [2.05, 4.69) is 16.2 Å². The van der Waals surface area contributed by atoms with Crippen molar-refractivity contribution >= 4 is 29.3 Å². The molecule has 1 fully saturated rings. The average molecular weight is 459 g/mol. The number of hydrogen-bond acceptors (Lipinski definition) is 5. The molecule has 8 heteroatoms. The largest absolute Gasteiger partial charge is 0.345 e. The third-order valence-electron chi connectivity index (χ3n) is 5.51. The van der Waals surface area contributed by atoms with Crippen LogP contribution in [0.3, 0.4) is 0 Å². The molecule has 6 nitrogen and oxygen atoms in total. The van der Waals surface area contributed by atoms with Crippen LogP contribution in [-0.4, -0.2) is 41.6 Å². The van der Waals surface area contributed by atoms with E-state index in [1.807, 2.05) is 50.4 Å². The number of carbonyl (C=O) groups is 2. The van der Waals surface area contributed by atoms with Crippen molar-refractivity contribution in [3.05, 3.63) is 59.9 Å². The Kier molecular flexibility index (Phi) is 8.67. The van der Waals surface area contributed by atoms with Crippen molar-refractivity contribution in [3.8, 4) is 0 Å². The van der Waals surface area contributed by atoms with Crippen LogP contribution in [0.1, 0.15) is 44.7 Å². The maximum absolute atomic E-state index is 13.1. The second-order valence-corrected chi connectivity index (χ2v) is 9.61. The van der Waals surface area contributed by atoms with E-state index in [1.165, 1.54) is 30.8 Å². The molecule has 0 spiro atoms. The van der Waals surface area contributed by atoms with Crippen LogP contribution in [0.25, 0.3) is 0 Å². The molecule has 1 aliphatic heterocycles. The SMILES string of the molecule is CC(=O)Nc1ccc(SC(C)C(=O)N(C)CCCC2CC(c3ccc(F)cc3)NN2)cc1. The molecule has 1 heterocycles. The molecule has 3 unspecified atom stereocenters. The Morgan fingerprint density at radius 2 is 1.84 bits per heavy atom. The minimum Gasteiger partial charge on any atom is -0.345 e. The predicted molar refractivity (Wildman–Crippen MR) is 127 cm³/mol. The molecule has 0 saturated carbocycles. The number of hydrogen-bond donors (Lipinski definition) is 3. The number of carbonyl (C=O) groups excluding carboxylic acids is 2. The van der Waals surface area contributed by atoms with Gasteiger partial charge in [-0.1, -0.05) is 12.1 Å². The van der Waals surface area contributed by atoms with E-state index in [4.69, 9.17) is 0 Å². The van der Waals surface area contributed by atoms with Gasteiger partial charge < -0.3 is 10.2 Å². The van der Waals surface area contributed by atoms with Crippen molar-refractivity contribution in [2.24, 2.45) is 0 Å². The van der Waals surface area contributed by atoms with Crippen LogP contribution in [-0.2, 0) is 9.59 Å². The highest BCUT2D eigenvalue weighted by atomic mass is 32.2. The smallest absolute Gasteiger partial charge is 0.235 e. The molecule has 0 aliphatic carbocycles. The van der Waals surface area contributed by atoms with Gasteiger partial charge >= 0.3 is 0 Å². The van der Waals surface area contributed by atoms with E-state index in [0.29, 0.717) is 12.6 Å². The molecule has 0 aromatic heterocycles. The maximum Gasteiger partial charge on any atom is 0.235 e. The number of anilines is 1. The summed E-state index contributed by atoms with van der Waals surface area (Å²) in [6.45, 7) is 4.09. The fourth-order valence-electron chi connectivity index (χ4n) is 3.80. The minimum absolute atomic E-state index is 0.0997. The summed E-state index contributed by atoms with van der Waals surface area (Å²) in [7, 11) is 1.85. The normalized spacial score (nSPS) is 18.9. The Bertz CT molecular complexity index is 907. The summed E-state index contributed by atoms with van der Waals surface area (Å²) in [5, 5.41) is 2.54. The van der Waals surface area contributed by atoms with Crippen LogP contribution < -0.4 is 16.2 Å². The number of nitrogens with zero attached hydrogens (tertiary/aromatic N) is 1. The first-order valence-corrected chi connectivity index (χ1v) is 11.8. The Morgan fingerprint density at radius 1 is 1.16 bits per heavy atom. The highest BCUT2D eigenvalue weighted by molar-refractivity contribution is 8.00. The highest BCUT2D eigenvalue weighted by Gasteiger charge is 2.25. The van der Waals surface area contributed by atoms with Crippen LogP contribution in [0.2, 0.25) is 0 Å². The number of rotatable bonds is 9. The van der Waals surface area contributed by atoms with Crippen LogP contribution in [0, 0.1) is 5.82 Å². The van der Waals surface area contributed by atoms with Crippen LogP contribution in [0.4, 0.5) is 10.1 Å². The monoisotopic (exact) mass is 458 g/mol. The summed E-state index contributed by atoms with van der Waals surface area (Å²) in [4.78, 5) is 26.6. The summed E-state index contributed by atoms with van der Waals surface area (Å²) in [6.07, 6.45) is 2.79. The van der Waals surface area contributed by atoms with Gasteiger partial charge in [-0.15, -0.1) is 11.8 Å². The summed E-state index contributed by atoms with van der Waals surface area (Å²) >= 11 is 1.51. The Hall–Kier alpha value is -2.42. The predicted octanol–water partition coefficient (Wildman–Crippen LogP) is 4.11. The Labute approximate surface area is 193 Å². The lowest BCUT2D eigenvalue weighted by atomic mass is 9.99. The lowest BCUT2D eigenvalue weighted by Crippen LogP contribution is -2.35. The number of benzene rings is 2. The van der Waals surface area contributed by atoms with Gasteiger partial charge in [0.15, 0.2) is 0 Å². The van der Waals surface area contributed by atoms with Gasteiger partial charge in [0.05, 0.1) is 5.25 Å². The van der Waals surface area contributed by atoms with Gasteiger partial charge in [0.1, 0.15) is 5.82 Å². The van der Waals surface area contributed by atoms with Crippen LogP contribution in [0.5, 0.6) is 0 Å². The molecular formula is C24H31FN4O2S. The van der Waals surface area contributed by atoms with Gasteiger partial charge in [-0.05, 0) is 68.1 Å². The average Bonchev–Trinajstić information content (AvgIpc) is 3.23. The van der Waals surface area contributed by atoms with Gasteiger partial charge in [0.2, 0.25) is 11.8 Å². The van der Waals surface area contributed by atoms with E-state index < -0.39 is 0 Å². The zero-order chi connectivity index (χ0) is 23.1. The fraction of sp³-hybridized carbons (Fsp3) is 0.417. The zero-order valence-corrected chi connectivity index (χ0v) is 19.5. The number of thioether (sulfide) groups is 1. The van der Waals surface area contributed by atoms with E-state index in [-0.39, 0.29) is 28.9 Å². The number of amides is 2. The van der Waals surface area contributed by atoms with Gasteiger partial charge in [-0.3, -0.25) is 20.4 Å². The molecule has 0 radical (unpaired) electrons. The molecule has 2 aromatic rings. The van der Waals surface area contributed by atoms with Crippen LogP contribution in [0.15, 0.2) is 53.4 Å². The van der Waals surface area contributed by atoms with Crippen molar-refractivity contribution in [1.29, 1.82) is 0 Å². The number of hydrazine groups is 1. The minimum atomic E-state index is -0.224. The molecule has 1 aliphatic rings. The van der Waals surface area contributed by atoms with Crippen molar-refractivity contribution in [3.63, 3.8) is 0 Å². The van der Waals surface area contributed by atoms with Crippen molar-refractivity contribution in [1.82, 2.24) is 15.8 Å². The van der Waals surface area contributed by atoms with Gasteiger partial charge in [-0.2, -0.15) is 0 Å². The van der Waals surface area contributed by atoms with Crippen molar-refractivity contribution in [2.75, 3.05) is 18.9 Å². The van der Waals surface area contributed by atoms with Crippen molar-refractivity contribution < 1.29 is 14.0 Å². The van der Waals surface area contributed by atoms with E-state index >= 15 is 0 Å². The molecule has 172 valence electrons. The zero-order valence-electron chi connectivity index (χ0n) is 18.7. The van der Waals surface area contributed by atoms with Gasteiger partial charge in [0, 0.05) is 43.2 Å². The van der Waals surface area contributed by atoms with Gasteiger partial charge in [-0.25, -0.2) is 4.39 Å². The first kappa shape index (κ1) is 24.2. The fourth-order valence-corrected chi connectivity index (χ4v) is 4.78. The van der Waals surface area contributed by atoms with Crippen LogP contribution >= 0.6 is 11.8 Å². The molecule has 0 bridgehead atoms. The highest BCUT2D eigenvalue weighted by Crippen LogP contribution is 2.27. The quantitative estimate of drug-likeness (QED) is 0.493. The van der Waals surface area contributed by atoms with E-state index in [9.17, 15) is 14.0 Å². The second-order valence-electron chi connectivity index (χ2n) is 8.19. The lowest BCUT2D eigenvalue weighted by molar-refractivity contribution is -0.129. The first-order valence-electron chi connectivity index (χ1n) is 10.9. The summed E-state index contributed by atoms with van der Waals surface area (Å²) in [5.41, 5.74) is 8.42. The number of halogens is 1. The lowest BCUT2D eigenvalue weighted by Gasteiger charge is -2.22. The first-order chi connectivity index (χ1) is 15.3. The molecule has 3 rings (SSSR count). The topological polar surface area (TPSA) is 73.5 Å². The third-order valence-corrected chi connectivity index (χ3v) is 6.61.